The van der Waals surface area contributed by atoms with E-state index in [9.17, 15) is 4.79 Å². The monoisotopic (exact) mass is 272 g/mol. The molecule has 0 spiro atoms. The summed E-state index contributed by atoms with van der Waals surface area (Å²) in [5.41, 5.74) is 1.23. The number of benzene rings is 1. The molecular formula is C17H24N2O. The minimum absolute atomic E-state index is 0.157. The van der Waals surface area contributed by atoms with E-state index in [1.807, 2.05) is 32.3 Å². The Labute approximate surface area is 121 Å². The lowest BCUT2D eigenvalue weighted by molar-refractivity contribution is -0.121. The zero-order chi connectivity index (χ0) is 14.4. The zero-order valence-corrected chi connectivity index (χ0v) is 12.4. The van der Waals surface area contributed by atoms with Gasteiger partial charge in [-0.05, 0) is 38.4 Å². The average Bonchev–Trinajstić information content (AvgIpc) is 2.92. The Morgan fingerprint density at radius 2 is 2.10 bits per heavy atom. The van der Waals surface area contributed by atoms with Gasteiger partial charge >= 0.3 is 0 Å². The molecule has 0 bridgehead atoms. The van der Waals surface area contributed by atoms with E-state index < -0.39 is 0 Å². The fourth-order valence-corrected chi connectivity index (χ4v) is 2.66. The lowest BCUT2D eigenvalue weighted by Crippen LogP contribution is -2.35. The predicted octanol–water partition coefficient (Wildman–Crippen LogP) is 2.76. The predicted molar refractivity (Wildman–Crippen MR) is 82.4 cm³/mol. The lowest BCUT2D eigenvalue weighted by atomic mass is 10.0. The van der Waals surface area contributed by atoms with Gasteiger partial charge in [0.15, 0.2) is 0 Å². The SMILES string of the molecule is CN(C)[C@H](CNC(=O)C[C@@H]1C=CCC1)c1ccccc1. The molecule has 0 radical (unpaired) electrons. The van der Waals surface area contributed by atoms with Crippen LogP contribution in [0.25, 0.3) is 0 Å². The van der Waals surface area contributed by atoms with E-state index in [1.54, 1.807) is 0 Å². The summed E-state index contributed by atoms with van der Waals surface area (Å²) in [4.78, 5) is 14.1. The molecule has 3 nitrogen and oxygen atoms in total. The standard InChI is InChI=1S/C17H24N2O/c1-19(2)16(15-10-4-3-5-11-15)13-18-17(20)12-14-8-6-7-9-14/h3-6,8,10-11,14,16H,7,9,12-13H2,1-2H3,(H,18,20)/t14-,16-/m1/s1. The van der Waals surface area contributed by atoms with Crippen molar-refractivity contribution in [3.05, 3.63) is 48.0 Å². The van der Waals surface area contributed by atoms with Crippen LogP contribution in [0.3, 0.4) is 0 Å². The highest BCUT2D eigenvalue weighted by atomic mass is 16.1. The van der Waals surface area contributed by atoms with Crippen LogP contribution in [0.1, 0.15) is 30.9 Å². The molecule has 0 saturated carbocycles. The van der Waals surface area contributed by atoms with Gasteiger partial charge in [-0.1, -0.05) is 42.5 Å². The Bertz CT molecular complexity index is 453. The van der Waals surface area contributed by atoms with Crippen LogP contribution >= 0.6 is 0 Å². The molecule has 1 amide bonds. The highest BCUT2D eigenvalue weighted by Gasteiger charge is 2.17. The molecule has 0 aromatic heterocycles. The summed E-state index contributed by atoms with van der Waals surface area (Å²) in [5, 5.41) is 3.07. The van der Waals surface area contributed by atoms with Crippen LogP contribution in [-0.2, 0) is 4.79 Å². The number of amides is 1. The normalized spacial score (nSPS) is 19.2. The van der Waals surface area contributed by atoms with E-state index in [1.165, 1.54) is 5.56 Å². The third-order valence-electron chi connectivity index (χ3n) is 3.86. The third kappa shape index (κ3) is 4.20. The molecule has 2 rings (SSSR count). The van der Waals surface area contributed by atoms with Gasteiger partial charge in [0.1, 0.15) is 0 Å². The van der Waals surface area contributed by atoms with E-state index in [4.69, 9.17) is 0 Å². The second-order valence-corrected chi connectivity index (χ2v) is 5.66. The van der Waals surface area contributed by atoms with Crippen LogP contribution in [0.5, 0.6) is 0 Å². The molecule has 1 aromatic carbocycles. The number of rotatable bonds is 6. The molecule has 0 saturated heterocycles. The lowest BCUT2D eigenvalue weighted by Gasteiger charge is -2.25. The van der Waals surface area contributed by atoms with Gasteiger partial charge in [0.05, 0.1) is 6.04 Å². The molecule has 3 heteroatoms. The molecule has 20 heavy (non-hydrogen) atoms. The van der Waals surface area contributed by atoms with Gasteiger partial charge in [-0.2, -0.15) is 0 Å². The summed E-state index contributed by atoms with van der Waals surface area (Å²) in [5.74, 6) is 0.592. The Morgan fingerprint density at radius 1 is 1.35 bits per heavy atom. The summed E-state index contributed by atoms with van der Waals surface area (Å²) in [7, 11) is 4.09. The second-order valence-electron chi connectivity index (χ2n) is 5.66. The van der Waals surface area contributed by atoms with Crippen molar-refractivity contribution >= 4 is 5.91 Å². The van der Waals surface area contributed by atoms with Crippen molar-refractivity contribution in [3.8, 4) is 0 Å². The molecule has 0 unspecified atom stereocenters. The minimum Gasteiger partial charge on any atom is -0.354 e. The van der Waals surface area contributed by atoms with Crippen molar-refractivity contribution in [2.45, 2.75) is 25.3 Å². The van der Waals surface area contributed by atoms with E-state index >= 15 is 0 Å². The molecule has 108 valence electrons. The summed E-state index contributed by atoms with van der Waals surface area (Å²) in [6, 6.07) is 10.5. The Balaban J connectivity index is 1.86. The summed E-state index contributed by atoms with van der Waals surface area (Å²) >= 11 is 0. The number of allylic oxidation sites excluding steroid dienone is 2. The summed E-state index contributed by atoms with van der Waals surface area (Å²) in [6.07, 6.45) is 7.18. The number of likely N-dealkylation sites (N-methyl/N-ethyl adjacent to an activating group) is 1. The average molecular weight is 272 g/mol. The Morgan fingerprint density at radius 3 is 2.70 bits per heavy atom. The van der Waals surface area contributed by atoms with E-state index in [-0.39, 0.29) is 11.9 Å². The highest BCUT2D eigenvalue weighted by molar-refractivity contribution is 5.76. The molecule has 1 N–H and O–H groups in total. The second kappa shape index (κ2) is 7.25. The molecule has 1 aliphatic rings. The maximum atomic E-state index is 12.0. The number of hydrogen-bond donors (Lipinski definition) is 1. The van der Waals surface area contributed by atoms with Gasteiger partial charge in [-0.3, -0.25) is 4.79 Å². The van der Waals surface area contributed by atoms with Crippen molar-refractivity contribution in [2.75, 3.05) is 20.6 Å². The third-order valence-corrected chi connectivity index (χ3v) is 3.86. The first-order chi connectivity index (χ1) is 9.66. The molecule has 1 aromatic rings. The molecule has 0 heterocycles. The molecule has 0 aliphatic heterocycles. The maximum Gasteiger partial charge on any atom is 0.220 e. The molecule has 0 fully saturated rings. The van der Waals surface area contributed by atoms with Crippen LogP contribution < -0.4 is 5.32 Å². The van der Waals surface area contributed by atoms with Crippen LogP contribution in [0.2, 0.25) is 0 Å². The fraction of sp³-hybridized carbons (Fsp3) is 0.471. The molecule has 2 atom stereocenters. The highest BCUT2D eigenvalue weighted by Crippen LogP contribution is 2.20. The summed E-state index contributed by atoms with van der Waals surface area (Å²) < 4.78 is 0. The van der Waals surface area contributed by atoms with Crippen molar-refractivity contribution in [2.24, 2.45) is 5.92 Å². The Hall–Kier alpha value is -1.61. The fourth-order valence-electron chi connectivity index (χ4n) is 2.66. The maximum absolute atomic E-state index is 12.0. The first-order valence-corrected chi connectivity index (χ1v) is 7.31. The quantitative estimate of drug-likeness (QED) is 0.808. The first kappa shape index (κ1) is 14.8. The molecular weight excluding hydrogens is 248 g/mol. The van der Waals surface area contributed by atoms with Crippen LogP contribution in [-0.4, -0.2) is 31.4 Å². The van der Waals surface area contributed by atoms with E-state index in [0.29, 0.717) is 18.9 Å². The van der Waals surface area contributed by atoms with Crippen molar-refractivity contribution in [1.82, 2.24) is 10.2 Å². The van der Waals surface area contributed by atoms with Crippen molar-refractivity contribution in [1.29, 1.82) is 0 Å². The van der Waals surface area contributed by atoms with Crippen LogP contribution in [0, 0.1) is 5.92 Å². The number of carbonyl (C=O) groups excluding carboxylic acids is 1. The largest absolute Gasteiger partial charge is 0.354 e. The summed E-state index contributed by atoms with van der Waals surface area (Å²) in [6.45, 7) is 0.659. The van der Waals surface area contributed by atoms with E-state index in [2.05, 4.69) is 34.5 Å². The Kier molecular flexibility index (Phi) is 5.36. The van der Waals surface area contributed by atoms with Gasteiger partial charge in [0.25, 0.3) is 0 Å². The van der Waals surface area contributed by atoms with Gasteiger partial charge < -0.3 is 10.2 Å². The van der Waals surface area contributed by atoms with Gasteiger partial charge in [-0.25, -0.2) is 0 Å². The number of nitrogens with zero attached hydrogens (tertiary/aromatic N) is 1. The van der Waals surface area contributed by atoms with Gasteiger partial charge in [0.2, 0.25) is 5.91 Å². The topological polar surface area (TPSA) is 32.3 Å². The zero-order valence-electron chi connectivity index (χ0n) is 12.4. The van der Waals surface area contributed by atoms with Crippen LogP contribution in [0.15, 0.2) is 42.5 Å². The van der Waals surface area contributed by atoms with Crippen molar-refractivity contribution < 1.29 is 4.79 Å². The smallest absolute Gasteiger partial charge is 0.220 e. The van der Waals surface area contributed by atoms with Gasteiger partial charge in [0, 0.05) is 13.0 Å². The number of nitrogens with one attached hydrogen (secondary N) is 1. The first-order valence-electron chi connectivity index (χ1n) is 7.31. The number of carbonyl (C=O) groups is 1. The van der Waals surface area contributed by atoms with E-state index in [0.717, 1.165) is 12.8 Å². The van der Waals surface area contributed by atoms with Gasteiger partial charge in [-0.15, -0.1) is 0 Å². The van der Waals surface area contributed by atoms with Crippen LogP contribution in [0.4, 0.5) is 0 Å². The number of hydrogen-bond acceptors (Lipinski definition) is 2. The molecule has 1 aliphatic carbocycles. The van der Waals surface area contributed by atoms with Crippen molar-refractivity contribution in [3.63, 3.8) is 0 Å². The minimum atomic E-state index is 0.157.